The number of carbonyl (C=O) groups excluding carboxylic acids is 2. The molecule has 1 aliphatic heterocycles. The van der Waals surface area contributed by atoms with Crippen molar-refractivity contribution in [2.45, 2.75) is 19.1 Å². The quantitative estimate of drug-likeness (QED) is 0.315. The number of likely N-dealkylation sites (N-methyl/N-ethyl adjacent to an activating group) is 1. The molecule has 1 atom stereocenters. The summed E-state index contributed by atoms with van der Waals surface area (Å²) in [4.78, 5) is 33.0. The maximum absolute atomic E-state index is 12.8. The number of aromatic nitrogens is 3. The molecule has 1 aromatic carbocycles. The number of hydrogen-bond donors (Lipinski definition) is 4. The molecule has 14 heteroatoms. The van der Waals surface area contributed by atoms with E-state index in [9.17, 15) is 22.8 Å². The van der Waals surface area contributed by atoms with Crippen LogP contribution in [0.15, 0.2) is 48.9 Å². The lowest BCUT2D eigenvalue weighted by atomic mass is 10.1. The minimum atomic E-state index is -4.51. The van der Waals surface area contributed by atoms with E-state index >= 15 is 0 Å². The number of alkyl halides is 3. The third kappa shape index (κ3) is 7.14. The minimum absolute atomic E-state index is 0.00490. The number of imidazole rings is 1. The zero-order valence-corrected chi connectivity index (χ0v) is 22.0. The SMILES string of the molecule is CC(N/C=C(\C=N)c1cnn2c(-c3cccc(NC(=O)NCC(F)(F)F)c3)cnc2c1)C(=O)N1CCN(C)CC1. The molecule has 3 aromatic rings. The van der Waals surface area contributed by atoms with E-state index < -0.39 is 24.8 Å². The average Bonchev–Trinajstić information content (AvgIpc) is 3.35. The van der Waals surface area contributed by atoms with Gasteiger partial charge in [-0.25, -0.2) is 14.3 Å². The fourth-order valence-electron chi connectivity index (χ4n) is 4.14. The number of hydrogen-bond acceptors (Lipinski definition) is 7. The number of halogens is 3. The van der Waals surface area contributed by atoms with Crippen LogP contribution in [0.4, 0.5) is 23.7 Å². The van der Waals surface area contributed by atoms with Crippen LogP contribution in [-0.2, 0) is 4.79 Å². The Labute approximate surface area is 228 Å². The van der Waals surface area contributed by atoms with Crippen molar-refractivity contribution < 1.29 is 22.8 Å². The van der Waals surface area contributed by atoms with Crippen LogP contribution in [0.25, 0.3) is 22.5 Å². The molecule has 0 saturated carbocycles. The molecule has 1 aliphatic rings. The Kier molecular flexibility index (Phi) is 8.67. The molecule has 0 aliphatic carbocycles. The molecule has 4 rings (SSSR count). The van der Waals surface area contributed by atoms with Crippen molar-refractivity contribution in [3.63, 3.8) is 0 Å². The van der Waals surface area contributed by atoms with Crippen LogP contribution >= 0.6 is 0 Å². The van der Waals surface area contributed by atoms with Gasteiger partial charge in [-0.1, -0.05) is 12.1 Å². The predicted molar refractivity (Wildman–Crippen MR) is 145 cm³/mol. The van der Waals surface area contributed by atoms with Gasteiger partial charge in [0.25, 0.3) is 0 Å². The molecule has 1 saturated heterocycles. The zero-order valence-electron chi connectivity index (χ0n) is 22.0. The van der Waals surface area contributed by atoms with E-state index in [0.29, 0.717) is 46.8 Å². The van der Waals surface area contributed by atoms with E-state index in [0.717, 1.165) is 19.3 Å². The van der Waals surface area contributed by atoms with E-state index in [1.165, 1.54) is 0 Å². The number of anilines is 1. The molecular formula is C26H30F3N9O2. The van der Waals surface area contributed by atoms with Crippen molar-refractivity contribution in [3.8, 4) is 11.3 Å². The van der Waals surface area contributed by atoms with Crippen LogP contribution in [0.3, 0.4) is 0 Å². The fourth-order valence-corrected chi connectivity index (χ4v) is 4.14. The van der Waals surface area contributed by atoms with Gasteiger partial charge >= 0.3 is 12.2 Å². The highest BCUT2D eigenvalue weighted by Gasteiger charge is 2.27. The number of fused-ring (bicyclic) bond motifs is 1. The molecule has 212 valence electrons. The number of nitrogens with zero attached hydrogens (tertiary/aromatic N) is 5. The van der Waals surface area contributed by atoms with Gasteiger partial charge in [-0.2, -0.15) is 18.3 Å². The summed E-state index contributed by atoms with van der Waals surface area (Å²) in [6.07, 6.45) is 1.41. The van der Waals surface area contributed by atoms with Crippen molar-refractivity contribution in [2.75, 3.05) is 45.1 Å². The smallest absolute Gasteiger partial charge is 0.379 e. The lowest BCUT2D eigenvalue weighted by Gasteiger charge is -2.34. The van der Waals surface area contributed by atoms with Crippen molar-refractivity contribution in [1.82, 2.24) is 35.0 Å². The van der Waals surface area contributed by atoms with Crippen molar-refractivity contribution in [3.05, 3.63) is 54.5 Å². The highest BCUT2D eigenvalue weighted by molar-refractivity contribution is 6.08. The molecule has 4 N–H and O–H groups in total. The Morgan fingerprint density at radius 3 is 2.60 bits per heavy atom. The number of carbonyl (C=O) groups is 2. The molecule has 2 aromatic heterocycles. The molecule has 1 fully saturated rings. The summed E-state index contributed by atoms with van der Waals surface area (Å²) >= 11 is 0. The van der Waals surface area contributed by atoms with Gasteiger partial charge in [0.15, 0.2) is 5.65 Å². The molecule has 0 bridgehead atoms. The average molecular weight is 558 g/mol. The summed E-state index contributed by atoms with van der Waals surface area (Å²) in [6.45, 7) is 3.35. The highest BCUT2D eigenvalue weighted by Crippen LogP contribution is 2.24. The first kappa shape index (κ1) is 28.5. The van der Waals surface area contributed by atoms with Gasteiger partial charge in [-0.3, -0.25) is 4.79 Å². The predicted octanol–water partition coefficient (Wildman–Crippen LogP) is 2.82. The number of benzene rings is 1. The van der Waals surface area contributed by atoms with Crippen LogP contribution in [0.1, 0.15) is 12.5 Å². The van der Waals surface area contributed by atoms with Crippen molar-refractivity contribution >= 4 is 35.1 Å². The summed E-state index contributed by atoms with van der Waals surface area (Å²) in [5, 5.41) is 19.5. The third-order valence-corrected chi connectivity index (χ3v) is 6.39. The largest absolute Gasteiger partial charge is 0.405 e. The Hall–Kier alpha value is -4.46. The number of rotatable bonds is 8. The first-order chi connectivity index (χ1) is 19.0. The fraction of sp³-hybridized carbons (Fsp3) is 0.346. The number of amides is 3. The van der Waals surface area contributed by atoms with Gasteiger partial charge in [0.05, 0.1) is 18.1 Å². The molecule has 3 heterocycles. The Morgan fingerprint density at radius 1 is 1.15 bits per heavy atom. The maximum atomic E-state index is 12.8. The summed E-state index contributed by atoms with van der Waals surface area (Å²) in [6, 6.07) is 6.85. The first-order valence-corrected chi connectivity index (χ1v) is 12.5. The zero-order chi connectivity index (χ0) is 28.9. The molecule has 0 spiro atoms. The van der Waals surface area contributed by atoms with Crippen LogP contribution in [0.5, 0.6) is 0 Å². The van der Waals surface area contributed by atoms with Crippen molar-refractivity contribution in [2.24, 2.45) is 0 Å². The van der Waals surface area contributed by atoms with Gasteiger partial charge in [-0.15, -0.1) is 0 Å². The van der Waals surface area contributed by atoms with Crippen LogP contribution in [0, 0.1) is 5.41 Å². The molecule has 1 unspecified atom stereocenters. The lowest BCUT2D eigenvalue weighted by molar-refractivity contribution is -0.134. The van der Waals surface area contributed by atoms with Gasteiger partial charge in [0, 0.05) is 61.0 Å². The molecule has 0 radical (unpaired) electrons. The number of piperazine rings is 1. The van der Waals surface area contributed by atoms with E-state index in [-0.39, 0.29) is 5.91 Å². The number of nitrogens with one attached hydrogen (secondary N) is 4. The maximum Gasteiger partial charge on any atom is 0.405 e. The second kappa shape index (κ2) is 12.2. The first-order valence-electron chi connectivity index (χ1n) is 12.5. The lowest BCUT2D eigenvalue weighted by Crippen LogP contribution is -2.51. The second-order valence-corrected chi connectivity index (χ2v) is 9.42. The third-order valence-electron chi connectivity index (χ3n) is 6.39. The standard InChI is InChI=1S/C26H30F3N9O2/c1-17(24(39)37-8-6-36(2)7-9-37)31-13-20(12-30)19-11-23-32-15-22(38(23)34-14-19)18-4-3-5-21(10-18)35-25(40)33-16-26(27,28)29/h3-5,10-15,17,30-31H,6-9,16H2,1-2H3,(H2,33,35,40)/b20-13+,30-12?. The molecule has 3 amide bonds. The van der Waals surface area contributed by atoms with Gasteiger partial charge in [0.1, 0.15) is 12.6 Å². The summed E-state index contributed by atoms with van der Waals surface area (Å²) in [5.41, 5.74) is 3.12. The van der Waals surface area contributed by atoms with E-state index in [1.807, 2.05) is 11.9 Å². The second-order valence-electron chi connectivity index (χ2n) is 9.42. The normalized spacial score (nSPS) is 15.5. The number of allylic oxidation sites excluding steroid dienone is 1. The molecule has 40 heavy (non-hydrogen) atoms. The summed E-state index contributed by atoms with van der Waals surface area (Å²) < 4.78 is 38.6. The number of urea groups is 1. The Balaban J connectivity index is 1.46. The Morgan fingerprint density at radius 2 is 1.90 bits per heavy atom. The van der Waals surface area contributed by atoms with Gasteiger partial charge in [-0.05, 0) is 32.2 Å². The molecule has 11 nitrogen and oxygen atoms in total. The minimum Gasteiger partial charge on any atom is -0.379 e. The van der Waals surface area contributed by atoms with Crippen LogP contribution < -0.4 is 16.0 Å². The van der Waals surface area contributed by atoms with Crippen molar-refractivity contribution in [1.29, 1.82) is 5.41 Å². The summed E-state index contributed by atoms with van der Waals surface area (Å²) in [7, 11) is 2.02. The highest BCUT2D eigenvalue weighted by atomic mass is 19.4. The van der Waals surface area contributed by atoms with E-state index in [2.05, 4.69) is 25.6 Å². The van der Waals surface area contributed by atoms with E-state index in [1.54, 1.807) is 65.7 Å². The summed E-state index contributed by atoms with van der Waals surface area (Å²) in [5.74, 6) is -0.00490. The van der Waals surface area contributed by atoms with Crippen LogP contribution in [0.2, 0.25) is 0 Å². The van der Waals surface area contributed by atoms with E-state index in [4.69, 9.17) is 5.41 Å². The van der Waals surface area contributed by atoms with Gasteiger partial charge < -0.3 is 31.2 Å². The van der Waals surface area contributed by atoms with Gasteiger partial charge in [0.2, 0.25) is 5.91 Å². The topological polar surface area (TPSA) is 131 Å². The molecular weight excluding hydrogens is 527 g/mol. The van der Waals surface area contributed by atoms with Crippen LogP contribution in [-0.4, -0.2) is 94.5 Å². The Bertz CT molecular complexity index is 1410. The monoisotopic (exact) mass is 557 g/mol.